The van der Waals surface area contributed by atoms with Crippen molar-refractivity contribution in [1.82, 2.24) is 10.5 Å². The van der Waals surface area contributed by atoms with Crippen LogP contribution in [0.1, 0.15) is 37.1 Å². The normalized spacial score (nSPS) is 17.0. The standard InChI is InChI=1S/C17H21N3O2/c1-11-10-15(20-22-11)19-17(21)16(14-6-4-3-5-7-14)18-12(2)13-8-9-13/h3-7,10,12-13,16,18H,8-9H2,1-2H3,(H,19,20,21). The molecule has 1 aromatic carbocycles. The Balaban J connectivity index is 1.76. The van der Waals surface area contributed by atoms with E-state index in [0.29, 0.717) is 23.5 Å². The van der Waals surface area contributed by atoms with E-state index in [0.717, 1.165) is 5.56 Å². The van der Waals surface area contributed by atoms with E-state index in [1.165, 1.54) is 12.8 Å². The van der Waals surface area contributed by atoms with Gasteiger partial charge in [0.15, 0.2) is 5.82 Å². The number of hydrogen-bond acceptors (Lipinski definition) is 4. The maximum atomic E-state index is 12.6. The topological polar surface area (TPSA) is 67.2 Å². The van der Waals surface area contributed by atoms with Crippen molar-refractivity contribution in [2.24, 2.45) is 5.92 Å². The van der Waals surface area contributed by atoms with Crippen LogP contribution in [0, 0.1) is 12.8 Å². The summed E-state index contributed by atoms with van der Waals surface area (Å²) in [6.45, 7) is 3.94. The molecule has 116 valence electrons. The van der Waals surface area contributed by atoms with Crippen molar-refractivity contribution in [2.75, 3.05) is 5.32 Å². The summed E-state index contributed by atoms with van der Waals surface area (Å²) >= 11 is 0. The lowest BCUT2D eigenvalue weighted by Crippen LogP contribution is -2.39. The molecule has 1 saturated carbocycles. The molecule has 22 heavy (non-hydrogen) atoms. The smallest absolute Gasteiger partial charge is 0.247 e. The van der Waals surface area contributed by atoms with Gasteiger partial charge in [0.1, 0.15) is 11.8 Å². The van der Waals surface area contributed by atoms with Gasteiger partial charge in [-0.25, -0.2) is 0 Å². The van der Waals surface area contributed by atoms with Crippen LogP contribution >= 0.6 is 0 Å². The third-order valence-corrected chi connectivity index (χ3v) is 4.03. The summed E-state index contributed by atoms with van der Waals surface area (Å²) in [6.07, 6.45) is 2.47. The molecular weight excluding hydrogens is 278 g/mol. The number of rotatable bonds is 6. The highest BCUT2D eigenvalue weighted by molar-refractivity contribution is 5.94. The van der Waals surface area contributed by atoms with Crippen LogP contribution in [0.2, 0.25) is 0 Å². The molecule has 5 heteroatoms. The maximum absolute atomic E-state index is 12.6. The Morgan fingerprint density at radius 1 is 1.32 bits per heavy atom. The van der Waals surface area contributed by atoms with Crippen molar-refractivity contribution in [1.29, 1.82) is 0 Å². The van der Waals surface area contributed by atoms with Gasteiger partial charge in [-0.3, -0.25) is 10.1 Å². The van der Waals surface area contributed by atoms with Gasteiger partial charge in [-0.2, -0.15) is 0 Å². The number of aromatic nitrogens is 1. The van der Waals surface area contributed by atoms with Crippen molar-refractivity contribution in [3.63, 3.8) is 0 Å². The molecular formula is C17H21N3O2. The van der Waals surface area contributed by atoms with E-state index >= 15 is 0 Å². The molecule has 2 atom stereocenters. The molecule has 2 aromatic rings. The summed E-state index contributed by atoms with van der Waals surface area (Å²) in [5.41, 5.74) is 0.952. The van der Waals surface area contributed by atoms with Gasteiger partial charge < -0.3 is 9.84 Å². The van der Waals surface area contributed by atoms with Crippen molar-refractivity contribution >= 4 is 11.7 Å². The average molecular weight is 299 g/mol. The zero-order chi connectivity index (χ0) is 15.5. The Morgan fingerprint density at radius 2 is 2.05 bits per heavy atom. The lowest BCUT2D eigenvalue weighted by Gasteiger charge is -2.22. The highest BCUT2D eigenvalue weighted by Gasteiger charge is 2.32. The van der Waals surface area contributed by atoms with Crippen LogP contribution in [0.25, 0.3) is 0 Å². The summed E-state index contributed by atoms with van der Waals surface area (Å²) < 4.78 is 5.00. The number of benzene rings is 1. The largest absolute Gasteiger partial charge is 0.360 e. The zero-order valence-electron chi connectivity index (χ0n) is 12.9. The van der Waals surface area contributed by atoms with Gasteiger partial charge in [0.25, 0.3) is 0 Å². The van der Waals surface area contributed by atoms with Crippen molar-refractivity contribution in [3.05, 3.63) is 47.7 Å². The number of carbonyl (C=O) groups excluding carboxylic acids is 1. The first kappa shape index (κ1) is 14.8. The summed E-state index contributed by atoms with van der Waals surface area (Å²) in [5.74, 6) is 1.68. The molecule has 3 rings (SSSR count). The van der Waals surface area contributed by atoms with Crippen LogP contribution in [-0.2, 0) is 4.79 Å². The molecule has 1 aromatic heterocycles. The monoisotopic (exact) mass is 299 g/mol. The molecule has 1 aliphatic carbocycles. The summed E-state index contributed by atoms with van der Waals surface area (Å²) in [4.78, 5) is 12.6. The van der Waals surface area contributed by atoms with Gasteiger partial charge in [-0.15, -0.1) is 0 Å². The fraction of sp³-hybridized carbons (Fsp3) is 0.412. The molecule has 0 aliphatic heterocycles. The third-order valence-electron chi connectivity index (χ3n) is 4.03. The van der Waals surface area contributed by atoms with Gasteiger partial charge >= 0.3 is 0 Å². The lowest BCUT2D eigenvalue weighted by molar-refractivity contribution is -0.118. The molecule has 0 bridgehead atoms. The minimum atomic E-state index is -0.395. The number of nitrogens with one attached hydrogen (secondary N) is 2. The second kappa shape index (κ2) is 6.32. The number of anilines is 1. The number of hydrogen-bond donors (Lipinski definition) is 2. The Morgan fingerprint density at radius 3 is 2.64 bits per heavy atom. The highest BCUT2D eigenvalue weighted by Crippen LogP contribution is 2.33. The van der Waals surface area contributed by atoms with Crippen molar-refractivity contribution < 1.29 is 9.32 Å². The fourth-order valence-electron chi connectivity index (χ4n) is 2.59. The first-order chi connectivity index (χ1) is 10.6. The Hall–Kier alpha value is -2.14. The minimum Gasteiger partial charge on any atom is -0.360 e. The minimum absolute atomic E-state index is 0.119. The molecule has 1 aliphatic rings. The molecule has 2 N–H and O–H groups in total. The number of nitrogens with zero attached hydrogens (tertiary/aromatic N) is 1. The fourth-order valence-corrected chi connectivity index (χ4v) is 2.59. The van der Waals surface area contributed by atoms with E-state index in [4.69, 9.17) is 4.52 Å². The lowest BCUT2D eigenvalue weighted by atomic mass is 10.0. The molecule has 0 radical (unpaired) electrons. The van der Waals surface area contributed by atoms with Gasteiger partial charge in [-0.05, 0) is 38.2 Å². The number of aryl methyl sites for hydroxylation is 1. The summed E-state index contributed by atoms with van der Waals surface area (Å²) in [7, 11) is 0. The first-order valence-corrected chi connectivity index (χ1v) is 7.68. The van der Waals surface area contributed by atoms with Crippen LogP contribution < -0.4 is 10.6 Å². The highest BCUT2D eigenvalue weighted by atomic mass is 16.5. The molecule has 0 spiro atoms. The van der Waals surface area contributed by atoms with Gasteiger partial charge in [0, 0.05) is 12.1 Å². The molecule has 2 unspecified atom stereocenters. The van der Waals surface area contributed by atoms with E-state index in [1.807, 2.05) is 30.3 Å². The van der Waals surface area contributed by atoms with Crippen LogP contribution in [0.4, 0.5) is 5.82 Å². The van der Waals surface area contributed by atoms with E-state index in [-0.39, 0.29) is 5.91 Å². The van der Waals surface area contributed by atoms with Crippen LogP contribution in [0.3, 0.4) is 0 Å². The predicted molar refractivity (Wildman–Crippen MR) is 84.4 cm³/mol. The number of carbonyl (C=O) groups is 1. The summed E-state index contributed by atoms with van der Waals surface area (Å²) in [5, 5.41) is 10.1. The van der Waals surface area contributed by atoms with Gasteiger partial charge in [0.05, 0.1) is 0 Å². The van der Waals surface area contributed by atoms with E-state index in [1.54, 1.807) is 13.0 Å². The van der Waals surface area contributed by atoms with Gasteiger partial charge in [-0.1, -0.05) is 35.5 Å². The van der Waals surface area contributed by atoms with E-state index in [9.17, 15) is 4.79 Å². The summed E-state index contributed by atoms with van der Waals surface area (Å²) in [6, 6.07) is 11.4. The molecule has 1 amide bonds. The van der Waals surface area contributed by atoms with Crippen molar-refractivity contribution in [2.45, 2.75) is 38.8 Å². The Labute approximate surface area is 130 Å². The van der Waals surface area contributed by atoms with E-state index < -0.39 is 6.04 Å². The average Bonchev–Trinajstić information content (AvgIpc) is 3.29. The molecule has 0 saturated heterocycles. The SMILES string of the molecule is Cc1cc(NC(=O)C(NC(C)C2CC2)c2ccccc2)no1. The first-order valence-electron chi connectivity index (χ1n) is 7.68. The predicted octanol–water partition coefficient (Wildman–Crippen LogP) is 3.05. The maximum Gasteiger partial charge on any atom is 0.247 e. The zero-order valence-corrected chi connectivity index (χ0v) is 12.9. The second-order valence-corrected chi connectivity index (χ2v) is 5.95. The third kappa shape index (κ3) is 3.54. The second-order valence-electron chi connectivity index (χ2n) is 5.95. The molecule has 5 nitrogen and oxygen atoms in total. The molecule has 1 heterocycles. The van der Waals surface area contributed by atoms with Gasteiger partial charge in [0.2, 0.25) is 5.91 Å². The van der Waals surface area contributed by atoms with Crippen LogP contribution in [0.15, 0.2) is 40.9 Å². The quantitative estimate of drug-likeness (QED) is 0.860. The van der Waals surface area contributed by atoms with Crippen molar-refractivity contribution in [3.8, 4) is 0 Å². The van der Waals surface area contributed by atoms with E-state index in [2.05, 4.69) is 22.7 Å². The van der Waals surface area contributed by atoms with Crippen LogP contribution in [0.5, 0.6) is 0 Å². The molecule has 1 fully saturated rings. The number of amides is 1. The Kier molecular flexibility index (Phi) is 4.24. The van der Waals surface area contributed by atoms with Crippen LogP contribution in [-0.4, -0.2) is 17.1 Å². The Bertz CT molecular complexity index is 634.